The second kappa shape index (κ2) is 6.55. The van der Waals surface area contributed by atoms with Crippen LogP contribution in [-0.2, 0) is 22.4 Å². The molecule has 0 bridgehead atoms. The zero-order chi connectivity index (χ0) is 13.6. The van der Waals surface area contributed by atoms with E-state index in [1.807, 2.05) is 26.1 Å². The first-order valence-corrected chi connectivity index (χ1v) is 6.39. The molecule has 0 aliphatic carbocycles. The monoisotopic (exact) mass is 249 g/mol. The van der Waals surface area contributed by atoms with E-state index in [9.17, 15) is 4.79 Å². The molecule has 0 heterocycles. The molecule has 0 atom stereocenters. The van der Waals surface area contributed by atoms with Gasteiger partial charge in [-0.05, 0) is 45.4 Å². The van der Waals surface area contributed by atoms with E-state index in [0.717, 1.165) is 12.0 Å². The molecule has 0 amide bonds. The third kappa shape index (κ3) is 4.88. The van der Waals surface area contributed by atoms with Crippen LogP contribution in [0, 0.1) is 0 Å². The van der Waals surface area contributed by atoms with Crippen molar-refractivity contribution in [3.8, 4) is 0 Å². The van der Waals surface area contributed by atoms with Crippen LogP contribution >= 0.6 is 0 Å². The van der Waals surface area contributed by atoms with E-state index in [0.29, 0.717) is 13.0 Å². The molecule has 100 valence electrons. The van der Waals surface area contributed by atoms with Gasteiger partial charge in [-0.15, -0.1) is 0 Å². The van der Waals surface area contributed by atoms with Crippen LogP contribution in [0.3, 0.4) is 0 Å². The smallest absolute Gasteiger partial charge is 0.310 e. The molecule has 1 aromatic carbocycles. The number of hydrogen-bond acceptors (Lipinski definition) is 3. The predicted octanol–water partition coefficient (Wildman–Crippen LogP) is 2.33. The molecule has 1 aromatic rings. The van der Waals surface area contributed by atoms with Crippen LogP contribution in [0.4, 0.5) is 0 Å². The largest absolute Gasteiger partial charge is 0.466 e. The summed E-state index contributed by atoms with van der Waals surface area (Å²) in [6, 6.07) is 8.13. The molecule has 0 radical (unpaired) electrons. The van der Waals surface area contributed by atoms with Gasteiger partial charge in [-0.1, -0.05) is 24.3 Å². The first-order chi connectivity index (χ1) is 8.46. The van der Waals surface area contributed by atoms with Gasteiger partial charge in [-0.25, -0.2) is 0 Å². The molecule has 0 fully saturated rings. The Balaban J connectivity index is 2.70. The summed E-state index contributed by atoms with van der Waals surface area (Å²) in [4.78, 5) is 11.4. The van der Waals surface area contributed by atoms with Crippen molar-refractivity contribution >= 4 is 5.97 Å². The molecule has 0 aromatic heterocycles. The number of esters is 1. The summed E-state index contributed by atoms with van der Waals surface area (Å²) in [6.45, 7) is 6.57. The predicted molar refractivity (Wildman–Crippen MR) is 73.6 cm³/mol. The van der Waals surface area contributed by atoms with Gasteiger partial charge in [0.2, 0.25) is 0 Å². The Morgan fingerprint density at radius 1 is 1.33 bits per heavy atom. The van der Waals surface area contributed by atoms with Gasteiger partial charge in [0.05, 0.1) is 13.0 Å². The normalized spacial score (nSPS) is 11.3. The Bertz CT molecular complexity index is 399. The fraction of sp³-hybridized carbons (Fsp3) is 0.533. The first-order valence-electron chi connectivity index (χ1n) is 6.39. The van der Waals surface area contributed by atoms with Gasteiger partial charge in [0.25, 0.3) is 0 Å². The number of benzene rings is 1. The van der Waals surface area contributed by atoms with Crippen molar-refractivity contribution in [1.29, 1.82) is 0 Å². The minimum absolute atomic E-state index is 0.0581. The summed E-state index contributed by atoms with van der Waals surface area (Å²) >= 11 is 0. The molecule has 3 heteroatoms. The topological polar surface area (TPSA) is 38.3 Å². The van der Waals surface area contributed by atoms with Crippen LogP contribution in [0.1, 0.15) is 31.9 Å². The Morgan fingerprint density at radius 3 is 2.61 bits per heavy atom. The SMILES string of the molecule is CCOC(=O)Cc1cccc(CC(C)(C)NC)c1. The highest BCUT2D eigenvalue weighted by Gasteiger charge is 2.15. The van der Waals surface area contributed by atoms with E-state index in [1.165, 1.54) is 5.56 Å². The van der Waals surface area contributed by atoms with Crippen molar-refractivity contribution in [3.05, 3.63) is 35.4 Å². The molecular weight excluding hydrogens is 226 g/mol. The molecule has 0 aliphatic rings. The van der Waals surface area contributed by atoms with Gasteiger partial charge in [0, 0.05) is 5.54 Å². The van der Waals surface area contributed by atoms with Gasteiger partial charge in [0.15, 0.2) is 0 Å². The quantitative estimate of drug-likeness (QED) is 0.786. The summed E-state index contributed by atoms with van der Waals surface area (Å²) in [7, 11) is 1.96. The molecule has 0 spiro atoms. The summed E-state index contributed by atoms with van der Waals surface area (Å²) < 4.78 is 4.96. The van der Waals surface area contributed by atoms with E-state index in [-0.39, 0.29) is 11.5 Å². The van der Waals surface area contributed by atoms with Crippen molar-refractivity contribution in [2.24, 2.45) is 0 Å². The van der Waals surface area contributed by atoms with Crippen molar-refractivity contribution in [3.63, 3.8) is 0 Å². The van der Waals surface area contributed by atoms with Gasteiger partial charge >= 0.3 is 5.97 Å². The molecular formula is C15H23NO2. The number of likely N-dealkylation sites (N-methyl/N-ethyl adjacent to an activating group) is 1. The number of ether oxygens (including phenoxy) is 1. The second-order valence-electron chi connectivity index (χ2n) is 5.11. The minimum atomic E-state index is -0.164. The molecule has 1 rings (SSSR count). The maximum Gasteiger partial charge on any atom is 0.310 e. The van der Waals surface area contributed by atoms with E-state index < -0.39 is 0 Å². The fourth-order valence-corrected chi connectivity index (χ4v) is 1.83. The Kier molecular flexibility index (Phi) is 5.35. The molecule has 0 unspecified atom stereocenters. The first kappa shape index (κ1) is 14.7. The van der Waals surface area contributed by atoms with Crippen molar-refractivity contribution in [2.75, 3.05) is 13.7 Å². The van der Waals surface area contributed by atoms with E-state index in [2.05, 4.69) is 31.3 Å². The summed E-state index contributed by atoms with van der Waals surface area (Å²) in [5, 5.41) is 3.28. The third-order valence-electron chi connectivity index (χ3n) is 2.97. The summed E-state index contributed by atoms with van der Waals surface area (Å²) in [6.07, 6.45) is 1.28. The molecule has 0 saturated heterocycles. The maximum absolute atomic E-state index is 11.4. The zero-order valence-corrected chi connectivity index (χ0v) is 11.7. The van der Waals surface area contributed by atoms with Crippen molar-refractivity contribution < 1.29 is 9.53 Å². The van der Waals surface area contributed by atoms with Crippen LogP contribution in [0.15, 0.2) is 24.3 Å². The van der Waals surface area contributed by atoms with Gasteiger partial charge in [-0.3, -0.25) is 4.79 Å². The minimum Gasteiger partial charge on any atom is -0.466 e. The fourth-order valence-electron chi connectivity index (χ4n) is 1.83. The standard InChI is InChI=1S/C15H23NO2/c1-5-18-14(17)10-12-7-6-8-13(9-12)11-15(2,3)16-4/h6-9,16H,5,10-11H2,1-4H3. The number of hydrogen-bond donors (Lipinski definition) is 1. The van der Waals surface area contributed by atoms with Crippen LogP contribution in [0.2, 0.25) is 0 Å². The number of nitrogens with one attached hydrogen (secondary N) is 1. The van der Waals surface area contributed by atoms with Gasteiger partial charge in [0.1, 0.15) is 0 Å². The molecule has 0 aliphatic heterocycles. The summed E-state index contributed by atoms with van der Waals surface area (Å²) in [5.41, 5.74) is 2.30. The highest BCUT2D eigenvalue weighted by atomic mass is 16.5. The molecule has 3 nitrogen and oxygen atoms in total. The number of carbonyl (C=O) groups is 1. The van der Waals surface area contributed by atoms with Crippen LogP contribution in [0.5, 0.6) is 0 Å². The summed E-state index contributed by atoms with van der Waals surface area (Å²) in [5.74, 6) is -0.164. The lowest BCUT2D eigenvalue weighted by Crippen LogP contribution is -2.38. The van der Waals surface area contributed by atoms with Crippen LogP contribution in [0.25, 0.3) is 0 Å². The average molecular weight is 249 g/mol. The highest BCUT2D eigenvalue weighted by Crippen LogP contribution is 2.14. The zero-order valence-electron chi connectivity index (χ0n) is 11.7. The van der Waals surface area contributed by atoms with Gasteiger partial charge < -0.3 is 10.1 Å². The Hall–Kier alpha value is -1.35. The van der Waals surface area contributed by atoms with Crippen molar-refractivity contribution in [2.45, 2.75) is 39.2 Å². The molecule has 0 saturated carbocycles. The van der Waals surface area contributed by atoms with E-state index >= 15 is 0 Å². The Morgan fingerprint density at radius 2 is 2.00 bits per heavy atom. The molecule has 1 N–H and O–H groups in total. The van der Waals surface area contributed by atoms with Crippen molar-refractivity contribution in [1.82, 2.24) is 5.32 Å². The third-order valence-corrected chi connectivity index (χ3v) is 2.97. The van der Waals surface area contributed by atoms with Crippen LogP contribution < -0.4 is 5.32 Å². The molecule has 18 heavy (non-hydrogen) atoms. The maximum atomic E-state index is 11.4. The number of rotatable bonds is 6. The second-order valence-corrected chi connectivity index (χ2v) is 5.11. The van der Waals surface area contributed by atoms with Gasteiger partial charge in [-0.2, -0.15) is 0 Å². The van der Waals surface area contributed by atoms with E-state index in [4.69, 9.17) is 4.74 Å². The number of carbonyl (C=O) groups excluding carboxylic acids is 1. The average Bonchev–Trinajstić information content (AvgIpc) is 2.29. The lowest BCUT2D eigenvalue weighted by Gasteiger charge is -2.24. The highest BCUT2D eigenvalue weighted by molar-refractivity contribution is 5.72. The Labute approximate surface area is 110 Å². The van der Waals surface area contributed by atoms with E-state index in [1.54, 1.807) is 0 Å². The van der Waals surface area contributed by atoms with Crippen LogP contribution in [-0.4, -0.2) is 25.2 Å². The lowest BCUT2D eigenvalue weighted by atomic mass is 9.94. The lowest BCUT2D eigenvalue weighted by molar-refractivity contribution is -0.142.